The minimum atomic E-state index is -0.288. The van der Waals surface area contributed by atoms with Crippen molar-refractivity contribution in [2.24, 2.45) is 5.41 Å². The molecule has 0 aromatic rings. The third kappa shape index (κ3) is 3.65. The van der Waals surface area contributed by atoms with Gasteiger partial charge in [0.15, 0.2) is 0 Å². The number of hydrogen-bond acceptors (Lipinski definition) is 1. The molecule has 1 amide bonds. The number of halogens is 1. The van der Waals surface area contributed by atoms with Crippen molar-refractivity contribution in [2.75, 3.05) is 12.4 Å². The third-order valence-corrected chi connectivity index (χ3v) is 3.41. The molecule has 3 heteroatoms. The molecule has 0 saturated heterocycles. The normalized spacial score (nSPS) is 18.5. The zero-order valence-electron chi connectivity index (χ0n) is 10.8. The predicted molar refractivity (Wildman–Crippen MR) is 68.8 cm³/mol. The van der Waals surface area contributed by atoms with Crippen LogP contribution in [0.5, 0.6) is 0 Å². The second-order valence-electron chi connectivity index (χ2n) is 5.73. The molecular weight excluding hydrogens is 222 g/mol. The van der Waals surface area contributed by atoms with E-state index in [2.05, 4.69) is 0 Å². The first-order valence-electron chi connectivity index (χ1n) is 6.34. The maximum Gasteiger partial charge on any atom is 0.228 e. The summed E-state index contributed by atoms with van der Waals surface area (Å²) in [7, 11) is 0. The molecule has 0 atom stereocenters. The summed E-state index contributed by atoms with van der Waals surface area (Å²) in [5, 5.41) is 0. The molecule has 2 nitrogen and oxygen atoms in total. The first-order valence-corrected chi connectivity index (χ1v) is 6.87. The number of nitrogens with zero attached hydrogens (tertiary/aromatic N) is 1. The first kappa shape index (κ1) is 13.8. The van der Waals surface area contributed by atoms with Crippen molar-refractivity contribution < 1.29 is 4.79 Å². The molecule has 0 aromatic carbocycles. The summed E-state index contributed by atoms with van der Waals surface area (Å²) in [6.07, 6.45) is 6.12. The lowest BCUT2D eigenvalue weighted by Gasteiger charge is -2.37. The van der Waals surface area contributed by atoms with Gasteiger partial charge in [0, 0.05) is 23.9 Å². The van der Waals surface area contributed by atoms with Crippen molar-refractivity contribution in [2.45, 2.75) is 58.9 Å². The van der Waals surface area contributed by atoms with Crippen molar-refractivity contribution in [1.82, 2.24) is 4.90 Å². The molecule has 1 aliphatic carbocycles. The number of hydrogen-bond donors (Lipinski definition) is 0. The SMILES string of the molecule is CC(C)(C)C(=O)N(CCCl)C1CCCCC1. The molecule has 1 fully saturated rings. The van der Waals surface area contributed by atoms with Crippen molar-refractivity contribution in [3.63, 3.8) is 0 Å². The molecule has 0 aromatic heterocycles. The molecule has 16 heavy (non-hydrogen) atoms. The van der Waals surface area contributed by atoms with E-state index in [-0.39, 0.29) is 11.3 Å². The Morgan fingerprint density at radius 3 is 2.25 bits per heavy atom. The number of rotatable bonds is 3. The van der Waals surface area contributed by atoms with E-state index in [9.17, 15) is 4.79 Å². The fourth-order valence-corrected chi connectivity index (χ4v) is 2.55. The summed E-state index contributed by atoms with van der Waals surface area (Å²) < 4.78 is 0. The molecule has 1 saturated carbocycles. The van der Waals surface area contributed by atoms with Crippen LogP contribution >= 0.6 is 11.6 Å². The lowest BCUT2D eigenvalue weighted by molar-refractivity contribution is -0.142. The highest BCUT2D eigenvalue weighted by Crippen LogP contribution is 2.27. The van der Waals surface area contributed by atoms with Gasteiger partial charge in [-0.15, -0.1) is 11.6 Å². The van der Waals surface area contributed by atoms with Gasteiger partial charge in [-0.2, -0.15) is 0 Å². The van der Waals surface area contributed by atoms with Crippen LogP contribution in [0, 0.1) is 5.41 Å². The lowest BCUT2D eigenvalue weighted by atomic mass is 9.89. The Hall–Kier alpha value is -0.240. The molecule has 0 aliphatic heterocycles. The Bertz CT molecular complexity index is 229. The van der Waals surface area contributed by atoms with E-state index in [0.717, 1.165) is 12.8 Å². The highest BCUT2D eigenvalue weighted by Gasteiger charge is 2.31. The van der Waals surface area contributed by atoms with E-state index >= 15 is 0 Å². The van der Waals surface area contributed by atoms with Gasteiger partial charge in [0.1, 0.15) is 0 Å². The number of amides is 1. The summed E-state index contributed by atoms with van der Waals surface area (Å²) >= 11 is 5.82. The average molecular weight is 246 g/mol. The second-order valence-corrected chi connectivity index (χ2v) is 6.11. The third-order valence-electron chi connectivity index (χ3n) is 3.24. The Kier molecular flexibility index (Phi) is 5.10. The minimum absolute atomic E-state index is 0.250. The molecule has 0 N–H and O–H groups in total. The van der Waals surface area contributed by atoms with Crippen molar-refractivity contribution in [1.29, 1.82) is 0 Å². The van der Waals surface area contributed by atoms with Crippen LogP contribution in [0.2, 0.25) is 0 Å². The van der Waals surface area contributed by atoms with Gasteiger partial charge in [0.05, 0.1) is 0 Å². The summed E-state index contributed by atoms with van der Waals surface area (Å²) in [4.78, 5) is 14.3. The summed E-state index contributed by atoms with van der Waals surface area (Å²) in [5.74, 6) is 0.790. The van der Waals surface area contributed by atoms with Crippen LogP contribution in [0.25, 0.3) is 0 Å². The van der Waals surface area contributed by atoms with Crippen LogP contribution in [0.1, 0.15) is 52.9 Å². The molecule has 0 radical (unpaired) electrons. The molecule has 0 spiro atoms. The fourth-order valence-electron chi connectivity index (χ4n) is 2.36. The highest BCUT2D eigenvalue weighted by molar-refractivity contribution is 6.18. The van der Waals surface area contributed by atoms with Gasteiger partial charge in [-0.1, -0.05) is 40.0 Å². The van der Waals surface area contributed by atoms with Crippen molar-refractivity contribution in [3.05, 3.63) is 0 Å². The molecule has 94 valence electrons. The second kappa shape index (κ2) is 5.90. The van der Waals surface area contributed by atoms with Gasteiger partial charge in [-0.05, 0) is 12.8 Å². The molecular formula is C13H24ClNO. The van der Waals surface area contributed by atoms with Gasteiger partial charge < -0.3 is 4.90 Å². The van der Waals surface area contributed by atoms with Crippen LogP contribution in [0.15, 0.2) is 0 Å². The highest BCUT2D eigenvalue weighted by atomic mass is 35.5. The van der Waals surface area contributed by atoms with Gasteiger partial charge in [-0.25, -0.2) is 0 Å². The Labute approximate surface area is 104 Å². The Morgan fingerprint density at radius 2 is 1.81 bits per heavy atom. The van der Waals surface area contributed by atoms with Gasteiger partial charge >= 0.3 is 0 Å². The van der Waals surface area contributed by atoms with Crippen LogP contribution < -0.4 is 0 Å². The summed E-state index contributed by atoms with van der Waals surface area (Å²) in [5.41, 5.74) is -0.288. The van der Waals surface area contributed by atoms with E-state index in [4.69, 9.17) is 11.6 Å². The monoisotopic (exact) mass is 245 g/mol. The van der Waals surface area contributed by atoms with Crippen LogP contribution in [0.3, 0.4) is 0 Å². The van der Waals surface area contributed by atoms with E-state index in [0.29, 0.717) is 18.5 Å². The maximum absolute atomic E-state index is 12.3. The minimum Gasteiger partial charge on any atom is -0.338 e. The van der Waals surface area contributed by atoms with Crippen LogP contribution in [-0.2, 0) is 4.79 Å². The molecule has 0 unspecified atom stereocenters. The lowest BCUT2D eigenvalue weighted by Crippen LogP contribution is -2.47. The van der Waals surface area contributed by atoms with Crippen LogP contribution in [0.4, 0.5) is 0 Å². The predicted octanol–water partition coefficient (Wildman–Crippen LogP) is 3.43. The van der Waals surface area contributed by atoms with Crippen molar-refractivity contribution in [3.8, 4) is 0 Å². The summed E-state index contributed by atoms with van der Waals surface area (Å²) in [6.45, 7) is 6.65. The molecule has 0 heterocycles. The number of carbonyl (C=O) groups is 1. The molecule has 0 bridgehead atoms. The van der Waals surface area contributed by atoms with Gasteiger partial charge in [0.25, 0.3) is 0 Å². The Morgan fingerprint density at radius 1 is 1.25 bits per heavy atom. The fraction of sp³-hybridized carbons (Fsp3) is 0.923. The zero-order chi connectivity index (χ0) is 12.2. The average Bonchev–Trinajstić information content (AvgIpc) is 2.25. The van der Waals surface area contributed by atoms with Crippen molar-refractivity contribution >= 4 is 17.5 Å². The number of carbonyl (C=O) groups excluding carboxylic acids is 1. The van der Waals surface area contributed by atoms with E-state index in [1.54, 1.807) is 0 Å². The standard InChI is InChI=1S/C13H24ClNO/c1-13(2,3)12(16)15(10-9-14)11-7-5-4-6-8-11/h11H,4-10H2,1-3H3. The van der Waals surface area contributed by atoms with Crippen LogP contribution in [-0.4, -0.2) is 29.3 Å². The maximum atomic E-state index is 12.3. The van der Waals surface area contributed by atoms with Gasteiger partial charge in [0.2, 0.25) is 5.91 Å². The summed E-state index contributed by atoms with van der Waals surface area (Å²) in [6, 6.07) is 0.430. The van der Waals surface area contributed by atoms with E-state index < -0.39 is 0 Å². The largest absolute Gasteiger partial charge is 0.338 e. The quantitative estimate of drug-likeness (QED) is 0.698. The smallest absolute Gasteiger partial charge is 0.228 e. The number of alkyl halides is 1. The molecule has 1 aliphatic rings. The Balaban J connectivity index is 2.69. The van der Waals surface area contributed by atoms with E-state index in [1.807, 2.05) is 25.7 Å². The first-order chi connectivity index (χ1) is 7.46. The molecule has 1 rings (SSSR count). The van der Waals surface area contributed by atoms with E-state index in [1.165, 1.54) is 19.3 Å². The topological polar surface area (TPSA) is 20.3 Å². The zero-order valence-corrected chi connectivity index (χ0v) is 11.5. The van der Waals surface area contributed by atoms with Gasteiger partial charge in [-0.3, -0.25) is 4.79 Å².